The third-order valence-electron chi connectivity index (χ3n) is 4.08. The van der Waals surface area contributed by atoms with Crippen LogP contribution in [0.2, 0.25) is 0 Å². The Balaban J connectivity index is 2.24. The zero-order chi connectivity index (χ0) is 17.5. The van der Waals surface area contributed by atoms with Gasteiger partial charge in [-0.2, -0.15) is 5.26 Å². The van der Waals surface area contributed by atoms with Gasteiger partial charge >= 0.3 is 0 Å². The zero-order valence-electron chi connectivity index (χ0n) is 14.3. The van der Waals surface area contributed by atoms with Gasteiger partial charge in [0.15, 0.2) is 0 Å². The number of hydrogen-bond acceptors (Lipinski definition) is 3. The third kappa shape index (κ3) is 4.01. The molecule has 0 fully saturated rings. The molecule has 0 radical (unpaired) electrons. The Morgan fingerprint density at radius 3 is 2.54 bits per heavy atom. The molecule has 2 aromatic carbocycles. The Bertz CT molecular complexity index is 732. The number of hydrogen-bond donors (Lipinski definition) is 0. The Labute approximate surface area is 143 Å². The molecule has 0 aliphatic rings. The van der Waals surface area contributed by atoms with Gasteiger partial charge < -0.3 is 9.64 Å². The minimum atomic E-state index is -0.0682. The van der Waals surface area contributed by atoms with Gasteiger partial charge in [-0.3, -0.25) is 4.79 Å². The first-order chi connectivity index (χ1) is 11.6. The van der Waals surface area contributed by atoms with Crippen LogP contribution in [-0.2, 0) is 11.3 Å². The number of amides is 1. The van der Waals surface area contributed by atoms with E-state index in [0.717, 1.165) is 11.1 Å². The minimum Gasteiger partial charge on any atom is -0.380 e. The molecule has 1 amide bonds. The summed E-state index contributed by atoms with van der Waals surface area (Å²) in [6, 6.07) is 16.9. The van der Waals surface area contributed by atoms with E-state index in [9.17, 15) is 4.79 Å². The largest absolute Gasteiger partial charge is 0.380 e. The van der Waals surface area contributed by atoms with E-state index in [0.29, 0.717) is 24.3 Å². The van der Waals surface area contributed by atoms with Gasteiger partial charge in [-0.05, 0) is 49.2 Å². The maximum absolute atomic E-state index is 12.9. The summed E-state index contributed by atoms with van der Waals surface area (Å²) >= 11 is 0. The lowest BCUT2D eigenvalue weighted by atomic mass is 10.0. The maximum atomic E-state index is 12.9. The highest BCUT2D eigenvalue weighted by Crippen LogP contribution is 2.23. The minimum absolute atomic E-state index is 0.00712. The van der Waals surface area contributed by atoms with Gasteiger partial charge in [0.05, 0.1) is 24.3 Å². The van der Waals surface area contributed by atoms with Crippen molar-refractivity contribution in [1.82, 2.24) is 4.90 Å². The molecule has 0 bridgehead atoms. The molecule has 0 aliphatic heterocycles. The molecule has 4 nitrogen and oxygen atoms in total. The van der Waals surface area contributed by atoms with Crippen molar-refractivity contribution in [3.63, 3.8) is 0 Å². The summed E-state index contributed by atoms with van der Waals surface area (Å²) in [5, 5.41) is 8.90. The average Bonchev–Trinajstić information content (AvgIpc) is 2.62. The molecule has 0 heterocycles. The molecule has 1 atom stereocenters. The molecule has 2 aromatic rings. The van der Waals surface area contributed by atoms with Gasteiger partial charge in [-0.25, -0.2) is 0 Å². The van der Waals surface area contributed by atoms with Crippen molar-refractivity contribution in [2.45, 2.75) is 26.5 Å². The fraction of sp³-hybridized carbons (Fsp3) is 0.300. The van der Waals surface area contributed by atoms with Crippen molar-refractivity contribution in [3.05, 3.63) is 70.8 Å². The van der Waals surface area contributed by atoms with E-state index in [-0.39, 0.29) is 11.9 Å². The normalized spacial score (nSPS) is 11.6. The lowest BCUT2D eigenvalue weighted by molar-refractivity contribution is 0.0702. The molecule has 0 saturated heterocycles. The molecule has 0 saturated carbocycles. The molecule has 0 N–H and O–H groups in total. The SMILES string of the molecule is CCN(C(=O)c1cccc(COC)c1)C(C)c1ccc(C#N)cc1. The van der Waals surface area contributed by atoms with E-state index in [1.807, 2.05) is 55.1 Å². The summed E-state index contributed by atoms with van der Waals surface area (Å²) in [5.41, 5.74) is 3.27. The summed E-state index contributed by atoms with van der Waals surface area (Å²) in [7, 11) is 1.64. The molecule has 0 aliphatic carbocycles. The summed E-state index contributed by atoms with van der Waals surface area (Å²) in [5.74, 6) is -0.00712. The Hall–Kier alpha value is -2.64. The van der Waals surface area contributed by atoms with Crippen LogP contribution in [0.25, 0.3) is 0 Å². The van der Waals surface area contributed by atoms with Crippen LogP contribution < -0.4 is 0 Å². The molecular formula is C20H22N2O2. The van der Waals surface area contributed by atoms with E-state index >= 15 is 0 Å². The van der Waals surface area contributed by atoms with Gasteiger partial charge in [0.1, 0.15) is 0 Å². The summed E-state index contributed by atoms with van der Waals surface area (Å²) in [6.07, 6.45) is 0. The highest BCUT2D eigenvalue weighted by molar-refractivity contribution is 5.94. The van der Waals surface area contributed by atoms with Crippen LogP contribution in [0.3, 0.4) is 0 Å². The molecule has 24 heavy (non-hydrogen) atoms. The fourth-order valence-electron chi connectivity index (χ4n) is 2.74. The van der Waals surface area contributed by atoms with Crippen LogP contribution in [0.1, 0.15) is 46.9 Å². The number of ether oxygens (including phenoxy) is 1. The van der Waals surface area contributed by atoms with Crippen LogP contribution in [0.15, 0.2) is 48.5 Å². The second-order valence-electron chi connectivity index (χ2n) is 5.63. The standard InChI is InChI=1S/C20H22N2O2/c1-4-22(15(2)18-10-8-16(13-21)9-11-18)20(23)19-7-5-6-17(12-19)14-24-3/h5-12,15H,4,14H2,1-3H3. The van der Waals surface area contributed by atoms with Gasteiger partial charge in [-0.15, -0.1) is 0 Å². The van der Waals surface area contributed by atoms with E-state index in [4.69, 9.17) is 10.00 Å². The zero-order valence-corrected chi connectivity index (χ0v) is 14.3. The summed E-state index contributed by atoms with van der Waals surface area (Å²) in [6.45, 7) is 5.06. The van der Waals surface area contributed by atoms with Gasteiger partial charge in [0.2, 0.25) is 0 Å². The summed E-state index contributed by atoms with van der Waals surface area (Å²) in [4.78, 5) is 14.7. The van der Waals surface area contributed by atoms with Crippen LogP contribution in [0.4, 0.5) is 0 Å². The molecule has 124 valence electrons. The summed E-state index contributed by atoms with van der Waals surface area (Å²) < 4.78 is 5.14. The molecular weight excluding hydrogens is 300 g/mol. The fourth-order valence-corrected chi connectivity index (χ4v) is 2.74. The average molecular weight is 322 g/mol. The van der Waals surface area contributed by atoms with E-state index < -0.39 is 0 Å². The van der Waals surface area contributed by atoms with Crippen molar-refractivity contribution in [2.75, 3.05) is 13.7 Å². The van der Waals surface area contributed by atoms with Crippen LogP contribution in [0, 0.1) is 11.3 Å². The predicted molar refractivity (Wildman–Crippen MR) is 93.4 cm³/mol. The number of rotatable bonds is 6. The van der Waals surface area contributed by atoms with Crippen molar-refractivity contribution >= 4 is 5.91 Å². The number of methoxy groups -OCH3 is 1. The maximum Gasteiger partial charge on any atom is 0.254 e. The molecule has 2 rings (SSSR count). The van der Waals surface area contributed by atoms with Gasteiger partial charge in [-0.1, -0.05) is 24.3 Å². The number of carbonyl (C=O) groups is 1. The lowest BCUT2D eigenvalue weighted by Crippen LogP contribution is -2.33. The third-order valence-corrected chi connectivity index (χ3v) is 4.08. The number of benzene rings is 2. The monoisotopic (exact) mass is 322 g/mol. The van der Waals surface area contributed by atoms with E-state index in [2.05, 4.69) is 6.07 Å². The van der Waals surface area contributed by atoms with E-state index in [1.165, 1.54) is 0 Å². The van der Waals surface area contributed by atoms with Crippen molar-refractivity contribution in [2.24, 2.45) is 0 Å². The van der Waals surface area contributed by atoms with Gasteiger partial charge in [0.25, 0.3) is 5.91 Å². The highest BCUT2D eigenvalue weighted by atomic mass is 16.5. The predicted octanol–water partition coefficient (Wildman–Crippen LogP) is 3.93. The first kappa shape index (κ1) is 17.7. The number of nitrogens with zero attached hydrogens (tertiary/aromatic N) is 2. The molecule has 0 aromatic heterocycles. The topological polar surface area (TPSA) is 53.3 Å². The van der Waals surface area contributed by atoms with Crippen LogP contribution in [0.5, 0.6) is 0 Å². The van der Waals surface area contributed by atoms with Crippen molar-refractivity contribution in [3.8, 4) is 6.07 Å². The second kappa shape index (κ2) is 8.28. The van der Waals surface area contributed by atoms with Crippen LogP contribution in [-0.4, -0.2) is 24.5 Å². The lowest BCUT2D eigenvalue weighted by Gasteiger charge is -2.28. The second-order valence-corrected chi connectivity index (χ2v) is 5.63. The highest BCUT2D eigenvalue weighted by Gasteiger charge is 2.21. The number of nitriles is 1. The first-order valence-corrected chi connectivity index (χ1v) is 7.99. The van der Waals surface area contributed by atoms with Gasteiger partial charge in [0, 0.05) is 19.2 Å². The smallest absolute Gasteiger partial charge is 0.254 e. The van der Waals surface area contributed by atoms with E-state index in [1.54, 1.807) is 19.2 Å². The molecule has 4 heteroatoms. The Morgan fingerprint density at radius 2 is 1.96 bits per heavy atom. The van der Waals surface area contributed by atoms with Crippen LogP contribution >= 0.6 is 0 Å². The quantitative estimate of drug-likeness (QED) is 0.810. The molecule has 1 unspecified atom stereocenters. The Morgan fingerprint density at radius 1 is 1.25 bits per heavy atom. The number of carbonyl (C=O) groups excluding carboxylic acids is 1. The first-order valence-electron chi connectivity index (χ1n) is 7.99. The van der Waals surface area contributed by atoms with Crippen molar-refractivity contribution < 1.29 is 9.53 Å². The molecule has 0 spiro atoms. The van der Waals surface area contributed by atoms with Crippen molar-refractivity contribution in [1.29, 1.82) is 5.26 Å². The Kier molecular flexibility index (Phi) is 6.11.